The van der Waals surface area contributed by atoms with Gasteiger partial charge in [0.15, 0.2) is 0 Å². The Balaban J connectivity index is 2.31. The molecule has 24 heavy (non-hydrogen) atoms. The Hall–Kier alpha value is -0.970. The van der Waals surface area contributed by atoms with Crippen LogP contribution in [0.3, 0.4) is 0 Å². The number of allylic oxidation sites excluding steroid dienone is 2. The van der Waals surface area contributed by atoms with Gasteiger partial charge in [0.05, 0.1) is 13.2 Å². The van der Waals surface area contributed by atoms with Crippen molar-refractivity contribution in [1.29, 1.82) is 0 Å². The van der Waals surface area contributed by atoms with E-state index < -0.39 is 0 Å². The number of aliphatic hydroxyl groups excluding tert-OH is 3. The van der Waals surface area contributed by atoms with E-state index in [0.717, 1.165) is 44.0 Å². The molecule has 0 aromatic heterocycles. The van der Waals surface area contributed by atoms with Gasteiger partial charge in [-0.3, -0.25) is 0 Å². The van der Waals surface area contributed by atoms with Crippen LogP contribution in [0.25, 0.3) is 0 Å². The lowest BCUT2D eigenvalue weighted by Gasteiger charge is -2.41. The molecule has 3 N–H and O–H groups in total. The highest BCUT2D eigenvalue weighted by Crippen LogP contribution is 2.63. The molecule has 0 amide bonds. The molecular weight excluding hydrogens is 304 g/mol. The van der Waals surface area contributed by atoms with Gasteiger partial charge in [-0.25, -0.2) is 0 Å². The summed E-state index contributed by atoms with van der Waals surface area (Å²) in [5.41, 5.74) is 1.44. The maximum Gasteiger partial charge on any atom is 0.126 e. The fourth-order valence-electron chi connectivity index (χ4n) is 5.40. The van der Waals surface area contributed by atoms with Crippen molar-refractivity contribution in [3.8, 4) is 0 Å². The van der Waals surface area contributed by atoms with Gasteiger partial charge < -0.3 is 20.1 Å². The van der Waals surface area contributed by atoms with Crippen LogP contribution in [0.2, 0.25) is 0 Å². The molecule has 0 aliphatic heterocycles. The highest BCUT2D eigenvalue weighted by atomic mass is 16.3. The third-order valence-electron chi connectivity index (χ3n) is 6.64. The topological polar surface area (TPSA) is 77.8 Å². The average molecular weight is 336 g/mol. The van der Waals surface area contributed by atoms with Crippen LogP contribution in [-0.4, -0.2) is 41.4 Å². The molecule has 4 heteroatoms. The highest BCUT2D eigenvalue weighted by molar-refractivity contribution is 5.62. The summed E-state index contributed by atoms with van der Waals surface area (Å²) in [5.74, 6) is 0.433. The molecule has 0 heterocycles. The van der Waals surface area contributed by atoms with Crippen molar-refractivity contribution >= 4 is 6.29 Å². The van der Waals surface area contributed by atoms with Gasteiger partial charge in [-0.15, -0.1) is 0 Å². The van der Waals surface area contributed by atoms with Gasteiger partial charge in [0.2, 0.25) is 0 Å². The molecule has 4 atom stereocenters. The number of aliphatic hydroxyl groups is 3. The smallest absolute Gasteiger partial charge is 0.126 e. The standard InChI is InChI=1S/C20H32O4/c1-15-4-3-5-18-19(10-15,13-23)11-16(2)20(18,14-24)8-6-17(12-22)7-9-21/h4,7,13,16,18,21-22,24H,3,5-6,8-12,14H2,1-2H3/b17-7-/t16-,18?,19?,20-/m1/s1. The van der Waals surface area contributed by atoms with E-state index in [2.05, 4.69) is 19.9 Å². The Morgan fingerprint density at radius 3 is 2.71 bits per heavy atom. The molecule has 0 aromatic carbocycles. The second-order valence-corrected chi connectivity index (χ2v) is 7.91. The number of carbonyl (C=O) groups excluding carboxylic acids is 1. The van der Waals surface area contributed by atoms with Crippen LogP contribution in [0.5, 0.6) is 0 Å². The van der Waals surface area contributed by atoms with Crippen molar-refractivity contribution in [1.82, 2.24) is 0 Å². The first-order valence-electron chi connectivity index (χ1n) is 9.10. The summed E-state index contributed by atoms with van der Waals surface area (Å²) < 4.78 is 0. The third-order valence-corrected chi connectivity index (χ3v) is 6.64. The van der Waals surface area contributed by atoms with E-state index >= 15 is 0 Å². The second kappa shape index (κ2) is 7.94. The predicted molar refractivity (Wildman–Crippen MR) is 94.4 cm³/mol. The van der Waals surface area contributed by atoms with E-state index in [9.17, 15) is 15.0 Å². The molecule has 4 nitrogen and oxygen atoms in total. The van der Waals surface area contributed by atoms with E-state index in [1.165, 1.54) is 5.57 Å². The SMILES string of the molecule is CC1=CCCC2C(C=O)(C1)C[C@@H](C)[C@]2(CO)CC/C(=C/CO)CO. The van der Waals surface area contributed by atoms with Crippen molar-refractivity contribution in [2.75, 3.05) is 19.8 Å². The molecule has 136 valence electrons. The van der Waals surface area contributed by atoms with Gasteiger partial charge in [0, 0.05) is 17.4 Å². The number of fused-ring (bicyclic) bond motifs is 1. The van der Waals surface area contributed by atoms with E-state index in [1.807, 2.05) is 0 Å². The van der Waals surface area contributed by atoms with Crippen LogP contribution in [0.4, 0.5) is 0 Å². The predicted octanol–water partition coefficient (Wildman–Crippen LogP) is 2.63. The van der Waals surface area contributed by atoms with Gasteiger partial charge in [0.25, 0.3) is 0 Å². The van der Waals surface area contributed by atoms with Crippen molar-refractivity contribution in [3.05, 3.63) is 23.3 Å². The number of carbonyl (C=O) groups is 1. The van der Waals surface area contributed by atoms with Crippen molar-refractivity contribution in [2.24, 2.45) is 22.7 Å². The Morgan fingerprint density at radius 1 is 1.38 bits per heavy atom. The Kier molecular flexibility index (Phi) is 6.40. The summed E-state index contributed by atoms with van der Waals surface area (Å²) in [4.78, 5) is 12.1. The average Bonchev–Trinajstić information content (AvgIpc) is 2.69. The highest BCUT2D eigenvalue weighted by Gasteiger charge is 2.59. The second-order valence-electron chi connectivity index (χ2n) is 7.91. The summed E-state index contributed by atoms with van der Waals surface area (Å²) in [5, 5.41) is 28.9. The van der Waals surface area contributed by atoms with Gasteiger partial charge in [-0.2, -0.15) is 0 Å². The van der Waals surface area contributed by atoms with E-state index in [4.69, 9.17) is 5.11 Å². The summed E-state index contributed by atoms with van der Waals surface area (Å²) in [7, 11) is 0. The zero-order valence-electron chi connectivity index (χ0n) is 15.0. The fourth-order valence-corrected chi connectivity index (χ4v) is 5.40. The summed E-state index contributed by atoms with van der Waals surface area (Å²) in [6, 6.07) is 0. The molecule has 2 unspecified atom stereocenters. The number of hydrogen-bond donors (Lipinski definition) is 3. The van der Waals surface area contributed by atoms with Gasteiger partial charge in [0.1, 0.15) is 6.29 Å². The molecule has 2 aliphatic carbocycles. The van der Waals surface area contributed by atoms with Crippen molar-refractivity contribution in [2.45, 2.75) is 52.4 Å². The number of aldehydes is 1. The zero-order chi connectivity index (χ0) is 17.8. The molecule has 0 spiro atoms. The fraction of sp³-hybridized carbons (Fsp3) is 0.750. The molecule has 2 aliphatic rings. The maximum absolute atomic E-state index is 12.1. The Bertz CT molecular complexity index is 510. The van der Waals surface area contributed by atoms with Crippen LogP contribution in [0.15, 0.2) is 23.3 Å². The minimum atomic E-state index is -0.362. The maximum atomic E-state index is 12.1. The van der Waals surface area contributed by atoms with Gasteiger partial charge >= 0.3 is 0 Å². The number of rotatable bonds is 7. The van der Waals surface area contributed by atoms with E-state index in [-0.39, 0.29) is 42.5 Å². The molecule has 0 bridgehead atoms. The van der Waals surface area contributed by atoms with Crippen molar-refractivity contribution < 1.29 is 20.1 Å². The molecule has 0 aromatic rings. The minimum Gasteiger partial charge on any atom is -0.396 e. The van der Waals surface area contributed by atoms with Crippen LogP contribution < -0.4 is 0 Å². The van der Waals surface area contributed by atoms with Crippen molar-refractivity contribution in [3.63, 3.8) is 0 Å². The quantitative estimate of drug-likeness (QED) is 0.493. The lowest BCUT2D eigenvalue weighted by atomic mass is 9.63. The number of hydrogen-bond acceptors (Lipinski definition) is 4. The van der Waals surface area contributed by atoms with Crippen LogP contribution >= 0.6 is 0 Å². The van der Waals surface area contributed by atoms with Gasteiger partial charge in [-0.1, -0.05) is 24.6 Å². The van der Waals surface area contributed by atoms with Crippen LogP contribution in [0, 0.1) is 22.7 Å². The van der Waals surface area contributed by atoms with Gasteiger partial charge in [-0.05, 0) is 62.9 Å². The first-order chi connectivity index (χ1) is 11.5. The molecule has 1 saturated carbocycles. The lowest BCUT2D eigenvalue weighted by molar-refractivity contribution is -0.120. The molecule has 2 rings (SSSR count). The normalized spacial score (nSPS) is 36.9. The molecule has 0 radical (unpaired) electrons. The largest absolute Gasteiger partial charge is 0.396 e. The van der Waals surface area contributed by atoms with Crippen LogP contribution in [0.1, 0.15) is 52.4 Å². The zero-order valence-corrected chi connectivity index (χ0v) is 15.0. The lowest BCUT2D eigenvalue weighted by Crippen LogP contribution is -2.40. The minimum absolute atomic E-state index is 0.0688. The summed E-state index contributed by atoms with van der Waals surface area (Å²) in [6.45, 7) is 4.18. The Labute approximate surface area is 145 Å². The van der Waals surface area contributed by atoms with Crippen LogP contribution in [-0.2, 0) is 4.79 Å². The van der Waals surface area contributed by atoms with E-state index in [0.29, 0.717) is 6.42 Å². The first kappa shape index (κ1) is 19.4. The van der Waals surface area contributed by atoms with E-state index in [1.54, 1.807) is 6.08 Å². The summed E-state index contributed by atoms with van der Waals surface area (Å²) in [6.07, 6.45) is 9.95. The molecular formula is C20H32O4. The third kappa shape index (κ3) is 3.37. The molecule has 1 fully saturated rings. The summed E-state index contributed by atoms with van der Waals surface area (Å²) >= 11 is 0. The monoisotopic (exact) mass is 336 g/mol. The molecule has 0 saturated heterocycles. The Morgan fingerprint density at radius 2 is 2.12 bits per heavy atom. The first-order valence-corrected chi connectivity index (χ1v) is 9.10.